The molecule has 0 bridgehead atoms. The maximum atomic E-state index is 13.6. The number of amides is 4. The van der Waals surface area contributed by atoms with E-state index in [1.54, 1.807) is 4.90 Å². The maximum absolute atomic E-state index is 13.6. The number of benzene rings is 1. The molecule has 2 fully saturated rings. The van der Waals surface area contributed by atoms with Gasteiger partial charge in [0.05, 0.1) is 18.5 Å². The number of fused-ring (bicyclic) bond motifs is 2. The Morgan fingerprint density at radius 2 is 1.97 bits per heavy atom. The molecule has 0 unspecified atom stereocenters. The van der Waals surface area contributed by atoms with Crippen molar-refractivity contribution in [1.29, 1.82) is 0 Å². The molecule has 0 spiro atoms. The van der Waals surface area contributed by atoms with Crippen LogP contribution in [0.1, 0.15) is 39.2 Å². The molecule has 1 aromatic rings. The highest BCUT2D eigenvalue weighted by atomic mass is 16.5. The fourth-order valence-electron chi connectivity index (χ4n) is 5.13. The van der Waals surface area contributed by atoms with Crippen molar-refractivity contribution in [2.24, 2.45) is 5.92 Å². The van der Waals surface area contributed by atoms with Gasteiger partial charge in [-0.1, -0.05) is 25.1 Å². The second-order valence-corrected chi connectivity index (χ2v) is 8.97. The van der Waals surface area contributed by atoms with Crippen LogP contribution in [-0.4, -0.2) is 76.9 Å². The third-order valence-corrected chi connectivity index (χ3v) is 6.49. The Kier molecular flexibility index (Phi) is 6.07. The number of nitrogens with zero attached hydrogens (tertiary/aromatic N) is 3. The quantitative estimate of drug-likeness (QED) is 0.797. The summed E-state index contributed by atoms with van der Waals surface area (Å²) >= 11 is 0. The van der Waals surface area contributed by atoms with Gasteiger partial charge in [0.15, 0.2) is 0 Å². The molecule has 2 saturated heterocycles. The summed E-state index contributed by atoms with van der Waals surface area (Å²) in [5.74, 6) is 0.586. The average Bonchev–Trinajstić information content (AvgIpc) is 2.98. The van der Waals surface area contributed by atoms with Gasteiger partial charge in [0.25, 0.3) is 0 Å². The number of hydrogen-bond acceptors (Lipinski definition) is 4. The van der Waals surface area contributed by atoms with Gasteiger partial charge in [0, 0.05) is 30.7 Å². The Morgan fingerprint density at radius 1 is 1.19 bits per heavy atom. The number of carbonyl (C=O) groups excluding carboxylic acids is 3. The Balaban J connectivity index is 1.50. The van der Waals surface area contributed by atoms with Crippen LogP contribution in [0.25, 0.3) is 0 Å². The highest BCUT2D eigenvalue weighted by Crippen LogP contribution is 2.36. The van der Waals surface area contributed by atoms with Crippen molar-refractivity contribution >= 4 is 17.8 Å². The molecular formula is C23H32N4O4. The van der Waals surface area contributed by atoms with Crippen LogP contribution in [0.3, 0.4) is 0 Å². The Hall–Kier alpha value is -2.77. The molecule has 1 N–H and O–H groups in total. The van der Waals surface area contributed by atoms with Crippen molar-refractivity contribution in [2.75, 3.05) is 26.2 Å². The zero-order valence-electron chi connectivity index (χ0n) is 18.5. The first kappa shape index (κ1) is 21.5. The van der Waals surface area contributed by atoms with Gasteiger partial charge in [-0.15, -0.1) is 0 Å². The number of nitrogens with one attached hydrogen (secondary N) is 1. The Bertz CT molecular complexity index is 858. The molecule has 3 aliphatic heterocycles. The zero-order chi connectivity index (χ0) is 22.1. The lowest BCUT2D eigenvalue weighted by molar-refractivity contribution is -0.141. The van der Waals surface area contributed by atoms with Crippen molar-refractivity contribution in [2.45, 2.75) is 58.3 Å². The Labute approximate surface area is 183 Å². The van der Waals surface area contributed by atoms with Crippen LogP contribution in [0.5, 0.6) is 5.75 Å². The molecule has 8 nitrogen and oxygen atoms in total. The van der Waals surface area contributed by atoms with Crippen molar-refractivity contribution in [3.8, 4) is 5.75 Å². The number of piperazine rings is 1. The lowest BCUT2D eigenvalue weighted by Crippen LogP contribution is -2.59. The number of carbonyl (C=O) groups is 3. The number of ether oxygens (including phenoxy) is 1. The number of urea groups is 1. The van der Waals surface area contributed by atoms with E-state index in [0.29, 0.717) is 32.7 Å². The molecule has 4 amide bonds. The van der Waals surface area contributed by atoms with Gasteiger partial charge in [-0.05, 0) is 32.8 Å². The van der Waals surface area contributed by atoms with Crippen LogP contribution >= 0.6 is 0 Å². The summed E-state index contributed by atoms with van der Waals surface area (Å²) in [4.78, 5) is 44.3. The minimum atomic E-state index is -0.252. The third-order valence-electron chi connectivity index (χ3n) is 6.49. The lowest BCUT2D eigenvalue weighted by atomic mass is 9.95. The van der Waals surface area contributed by atoms with Crippen molar-refractivity contribution in [3.05, 3.63) is 29.8 Å². The van der Waals surface area contributed by atoms with Gasteiger partial charge < -0.3 is 24.8 Å². The minimum absolute atomic E-state index is 0.00931. The lowest BCUT2D eigenvalue weighted by Gasteiger charge is -2.40. The summed E-state index contributed by atoms with van der Waals surface area (Å²) < 4.78 is 5.82. The van der Waals surface area contributed by atoms with Gasteiger partial charge >= 0.3 is 6.03 Å². The molecule has 0 saturated carbocycles. The van der Waals surface area contributed by atoms with Gasteiger partial charge in [0.2, 0.25) is 11.8 Å². The average molecular weight is 429 g/mol. The van der Waals surface area contributed by atoms with Crippen LogP contribution in [0.2, 0.25) is 0 Å². The largest absolute Gasteiger partial charge is 0.491 e. The van der Waals surface area contributed by atoms with Gasteiger partial charge in [0.1, 0.15) is 18.9 Å². The predicted octanol–water partition coefficient (Wildman–Crippen LogP) is 1.84. The molecule has 3 aliphatic rings. The fraction of sp³-hybridized carbons (Fsp3) is 0.609. The summed E-state index contributed by atoms with van der Waals surface area (Å²) in [6, 6.07) is 7.37. The number of hydrogen-bond donors (Lipinski definition) is 1. The van der Waals surface area contributed by atoms with Crippen LogP contribution in [0, 0.1) is 5.92 Å². The molecule has 0 aliphatic carbocycles. The first-order valence-electron chi connectivity index (χ1n) is 11.2. The van der Waals surface area contributed by atoms with E-state index in [-0.39, 0.29) is 48.4 Å². The van der Waals surface area contributed by atoms with Crippen molar-refractivity contribution < 1.29 is 19.1 Å². The zero-order valence-corrected chi connectivity index (χ0v) is 18.5. The van der Waals surface area contributed by atoms with Gasteiger partial charge in [-0.3, -0.25) is 9.59 Å². The summed E-state index contributed by atoms with van der Waals surface area (Å²) in [5.41, 5.74) is 1.00. The third kappa shape index (κ3) is 4.20. The molecule has 3 heterocycles. The Morgan fingerprint density at radius 3 is 2.71 bits per heavy atom. The van der Waals surface area contributed by atoms with Gasteiger partial charge in [-0.2, -0.15) is 0 Å². The SMILES string of the molecule is CC[C@H]1[C@@H](C(=O)N2CCOc3ccccc3C2)C[C@H]2CN(C(=O)NC(C)C)CC(=O)N21. The number of rotatable bonds is 3. The van der Waals surface area contributed by atoms with E-state index in [4.69, 9.17) is 4.74 Å². The number of para-hydroxylation sites is 1. The molecule has 1 aromatic carbocycles. The van der Waals surface area contributed by atoms with E-state index in [1.165, 1.54) is 0 Å². The second kappa shape index (κ2) is 8.77. The minimum Gasteiger partial charge on any atom is -0.491 e. The topological polar surface area (TPSA) is 82.2 Å². The molecule has 4 rings (SSSR count). The van der Waals surface area contributed by atoms with E-state index < -0.39 is 0 Å². The standard InChI is InChI=1S/C23H32N4O4/c1-4-19-18(22(29)25-9-10-31-20-8-6-5-7-16(20)12-25)11-17-13-26(14-21(28)27(17)19)23(30)24-15(2)3/h5-8,15,17-19H,4,9-14H2,1-3H3,(H,24,30)/t17-,18-,19-/m0/s1. The highest BCUT2D eigenvalue weighted by Gasteiger charge is 2.50. The molecule has 0 radical (unpaired) electrons. The highest BCUT2D eigenvalue weighted by molar-refractivity contribution is 5.88. The molecule has 3 atom stereocenters. The van der Waals surface area contributed by atoms with Crippen molar-refractivity contribution in [1.82, 2.24) is 20.0 Å². The first-order valence-corrected chi connectivity index (χ1v) is 11.2. The van der Waals surface area contributed by atoms with Gasteiger partial charge in [-0.25, -0.2) is 4.79 Å². The summed E-state index contributed by atoms with van der Waals surface area (Å²) in [6.07, 6.45) is 1.31. The maximum Gasteiger partial charge on any atom is 0.318 e. The molecule has 0 aromatic heterocycles. The van der Waals surface area contributed by atoms with Crippen molar-refractivity contribution in [3.63, 3.8) is 0 Å². The summed E-state index contributed by atoms with van der Waals surface area (Å²) in [7, 11) is 0. The molecule has 168 valence electrons. The van der Waals surface area contributed by atoms with Crippen LogP contribution < -0.4 is 10.1 Å². The van der Waals surface area contributed by atoms with Crippen LogP contribution in [-0.2, 0) is 16.1 Å². The molecule has 8 heteroatoms. The van der Waals surface area contributed by atoms with E-state index in [1.807, 2.05) is 54.8 Å². The van der Waals surface area contributed by atoms with E-state index in [9.17, 15) is 14.4 Å². The predicted molar refractivity (Wildman–Crippen MR) is 115 cm³/mol. The normalized spacial score (nSPS) is 25.6. The molecule has 31 heavy (non-hydrogen) atoms. The smallest absolute Gasteiger partial charge is 0.318 e. The van der Waals surface area contributed by atoms with E-state index >= 15 is 0 Å². The summed E-state index contributed by atoms with van der Waals surface area (Å²) in [5, 5.41) is 2.87. The monoisotopic (exact) mass is 428 g/mol. The van der Waals surface area contributed by atoms with E-state index in [2.05, 4.69) is 5.32 Å². The van der Waals surface area contributed by atoms with Crippen LogP contribution in [0.4, 0.5) is 4.79 Å². The first-order chi connectivity index (χ1) is 14.9. The fourth-order valence-corrected chi connectivity index (χ4v) is 5.13. The van der Waals surface area contributed by atoms with Crippen LogP contribution in [0.15, 0.2) is 24.3 Å². The second-order valence-electron chi connectivity index (χ2n) is 8.97. The van der Waals surface area contributed by atoms with E-state index in [0.717, 1.165) is 17.7 Å². The summed E-state index contributed by atoms with van der Waals surface area (Å²) in [6.45, 7) is 7.87. The molecular weight excluding hydrogens is 396 g/mol.